The lowest BCUT2D eigenvalue weighted by Gasteiger charge is -2.34. The van der Waals surface area contributed by atoms with Gasteiger partial charge in [0.1, 0.15) is 11.6 Å². The van der Waals surface area contributed by atoms with E-state index in [2.05, 4.69) is 34.2 Å². The zero-order valence-electron chi connectivity index (χ0n) is 14.3. The molecule has 26 heavy (non-hydrogen) atoms. The molecule has 0 saturated heterocycles. The summed E-state index contributed by atoms with van der Waals surface area (Å²) in [5, 5.41) is 16.6. The van der Waals surface area contributed by atoms with Crippen molar-refractivity contribution in [1.29, 1.82) is 0 Å². The Hall–Kier alpha value is -2.70. The van der Waals surface area contributed by atoms with E-state index in [4.69, 9.17) is 4.42 Å². The van der Waals surface area contributed by atoms with Crippen molar-refractivity contribution in [1.82, 2.24) is 20.4 Å². The lowest BCUT2D eigenvalue weighted by Crippen LogP contribution is -2.37. The van der Waals surface area contributed by atoms with E-state index in [9.17, 15) is 8.78 Å². The Morgan fingerprint density at radius 1 is 1.12 bits per heavy atom. The van der Waals surface area contributed by atoms with E-state index in [0.717, 1.165) is 24.1 Å². The number of fused-ring (bicyclic) bond motifs is 5. The van der Waals surface area contributed by atoms with Crippen LogP contribution in [0, 0.1) is 17.0 Å². The standard InChI is InChI=1S/C19H16F2N4O/c1-18(2)11-6-7-19(18,17-25-22-9-26-17)16-10(11)8-14(23-24-16)15-12(20)4-3-5-13(15)21/h3-5,8-9,11H,6-7H2,1-2H3/t11-,19+/m1/s1. The average Bonchev–Trinajstić information content (AvgIpc) is 3.26. The Morgan fingerprint density at radius 2 is 1.88 bits per heavy atom. The fraction of sp³-hybridized carbons (Fsp3) is 0.368. The van der Waals surface area contributed by atoms with Crippen molar-refractivity contribution in [2.75, 3.05) is 0 Å². The van der Waals surface area contributed by atoms with Crippen molar-refractivity contribution in [2.24, 2.45) is 5.41 Å². The van der Waals surface area contributed by atoms with Crippen LogP contribution in [0.1, 0.15) is 49.8 Å². The third-order valence-corrected chi connectivity index (χ3v) is 6.33. The first-order valence-corrected chi connectivity index (χ1v) is 8.56. The van der Waals surface area contributed by atoms with Crippen LogP contribution in [0.5, 0.6) is 0 Å². The van der Waals surface area contributed by atoms with Gasteiger partial charge in [-0.15, -0.1) is 15.3 Å². The second-order valence-electron chi connectivity index (χ2n) is 7.59. The second-order valence-corrected chi connectivity index (χ2v) is 7.59. The molecule has 2 aliphatic carbocycles. The summed E-state index contributed by atoms with van der Waals surface area (Å²) in [5.41, 5.74) is 1.10. The van der Waals surface area contributed by atoms with Crippen molar-refractivity contribution in [3.05, 3.63) is 59.4 Å². The third-order valence-electron chi connectivity index (χ3n) is 6.33. The van der Waals surface area contributed by atoms with Gasteiger partial charge in [-0.05, 0) is 47.9 Å². The summed E-state index contributed by atoms with van der Waals surface area (Å²) in [6.07, 6.45) is 3.08. The first kappa shape index (κ1) is 15.5. The molecule has 2 heterocycles. The van der Waals surface area contributed by atoms with E-state index in [1.807, 2.05) is 0 Å². The highest BCUT2D eigenvalue weighted by Crippen LogP contribution is 2.69. The largest absolute Gasteiger partial charge is 0.427 e. The summed E-state index contributed by atoms with van der Waals surface area (Å²) in [6, 6.07) is 5.56. The smallest absolute Gasteiger partial charge is 0.228 e. The van der Waals surface area contributed by atoms with Crippen LogP contribution >= 0.6 is 0 Å². The minimum absolute atomic E-state index is 0.143. The summed E-state index contributed by atoms with van der Waals surface area (Å²) in [5.74, 6) is -0.571. The van der Waals surface area contributed by atoms with Crippen LogP contribution in [0.4, 0.5) is 8.78 Å². The van der Waals surface area contributed by atoms with E-state index in [1.165, 1.54) is 24.6 Å². The molecule has 1 saturated carbocycles. The maximum Gasteiger partial charge on any atom is 0.228 e. The molecule has 5 nitrogen and oxygen atoms in total. The predicted molar refractivity (Wildman–Crippen MR) is 88.2 cm³/mol. The monoisotopic (exact) mass is 354 g/mol. The van der Waals surface area contributed by atoms with Gasteiger partial charge in [0.25, 0.3) is 0 Å². The molecule has 0 N–H and O–H groups in total. The molecule has 0 spiro atoms. The van der Waals surface area contributed by atoms with Crippen molar-refractivity contribution in [3.63, 3.8) is 0 Å². The van der Waals surface area contributed by atoms with Gasteiger partial charge < -0.3 is 4.42 Å². The van der Waals surface area contributed by atoms with E-state index in [1.54, 1.807) is 6.07 Å². The Balaban J connectivity index is 1.74. The average molecular weight is 354 g/mol. The summed E-state index contributed by atoms with van der Waals surface area (Å²) in [4.78, 5) is 0. The van der Waals surface area contributed by atoms with Crippen LogP contribution in [-0.2, 0) is 5.41 Å². The molecule has 1 aromatic carbocycles. The van der Waals surface area contributed by atoms with Crippen molar-refractivity contribution < 1.29 is 13.2 Å². The van der Waals surface area contributed by atoms with E-state index >= 15 is 0 Å². The van der Waals surface area contributed by atoms with Gasteiger partial charge in [-0.1, -0.05) is 19.9 Å². The molecule has 1 fully saturated rings. The van der Waals surface area contributed by atoms with Crippen molar-refractivity contribution >= 4 is 0 Å². The number of halogens is 2. The first-order chi connectivity index (χ1) is 12.5. The molecular formula is C19H16F2N4O. The number of aromatic nitrogens is 4. The number of rotatable bonds is 2. The molecule has 2 bridgehead atoms. The van der Waals surface area contributed by atoms with Crippen LogP contribution in [0.25, 0.3) is 11.3 Å². The second kappa shape index (κ2) is 4.93. The van der Waals surface area contributed by atoms with E-state index in [-0.39, 0.29) is 22.6 Å². The molecule has 2 atom stereocenters. The molecule has 132 valence electrons. The normalized spacial score (nSPS) is 25.5. The van der Waals surface area contributed by atoms with Gasteiger partial charge >= 0.3 is 0 Å². The van der Waals surface area contributed by atoms with E-state index < -0.39 is 17.0 Å². The van der Waals surface area contributed by atoms with Crippen molar-refractivity contribution in [2.45, 2.75) is 38.0 Å². The maximum atomic E-state index is 14.2. The predicted octanol–water partition coefficient (Wildman–Crippen LogP) is 4.01. The molecule has 7 heteroatoms. The topological polar surface area (TPSA) is 64.7 Å². The Labute approximate surface area is 148 Å². The van der Waals surface area contributed by atoms with Gasteiger partial charge in [-0.2, -0.15) is 5.10 Å². The summed E-state index contributed by atoms with van der Waals surface area (Å²) >= 11 is 0. The van der Waals surface area contributed by atoms with Crippen molar-refractivity contribution in [3.8, 4) is 11.3 Å². The fourth-order valence-electron chi connectivity index (χ4n) is 5.02. The lowest BCUT2D eigenvalue weighted by molar-refractivity contribution is 0.206. The number of nitrogens with zero attached hydrogens (tertiary/aromatic N) is 4. The van der Waals surface area contributed by atoms with Gasteiger partial charge in [0, 0.05) is 0 Å². The molecular weight excluding hydrogens is 338 g/mol. The SMILES string of the molecule is CC1(C)[C@@H]2CC[C@@]1(c1nnco1)c1nnc(-c3c(F)cccc3F)cc12. The van der Waals surface area contributed by atoms with Crippen LogP contribution in [0.15, 0.2) is 35.1 Å². The molecule has 0 radical (unpaired) electrons. The fourth-order valence-corrected chi connectivity index (χ4v) is 5.02. The highest BCUT2D eigenvalue weighted by molar-refractivity contribution is 5.63. The van der Waals surface area contributed by atoms with Gasteiger partial charge in [-0.25, -0.2) is 8.78 Å². The van der Waals surface area contributed by atoms with Crippen LogP contribution in [0.3, 0.4) is 0 Å². The quantitative estimate of drug-likeness (QED) is 0.696. The molecule has 2 aromatic heterocycles. The molecule has 0 amide bonds. The van der Waals surface area contributed by atoms with Gasteiger partial charge in [0.2, 0.25) is 12.3 Å². The highest BCUT2D eigenvalue weighted by atomic mass is 19.1. The Morgan fingerprint density at radius 3 is 2.58 bits per heavy atom. The summed E-state index contributed by atoms with van der Waals surface area (Å²) in [7, 11) is 0. The lowest BCUT2D eigenvalue weighted by atomic mass is 9.68. The zero-order chi connectivity index (χ0) is 18.1. The molecule has 2 aliphatic rings. The Kier molecular flexibility index (Phi) is 2.95. The number of hydrogen-bond acceptors (Lipinski definition) is 5. The maximum absolute atomic E-state index is 14.2. The first-order valence-electron chi connectivity index (χ1n) is 8.56. The Bertz CT molecular complexity index is 998. The molecule has 3 aromatic rings. The molecule has 0 aliphatic heterocycles. The van der Waals surface area contributed by atoms with Crippen LogP contribution < -0.4 is 0 Å². The minimum Gasteiger partial charge on any atom is -0.427 e. The zero-order valence-corrected chi connectivity index (χ0v) is 14.3. The summed E-state index contributed by atoms with van der Waals surface area (Å²) < 4.78 is 33.9. The third kappa shape index (κ3) is 1.68. The van der Waals surface area contributed by atoms with Crippen LogP contribution in [-0.4, -0.2) is 20.4 Å². The van der Waals surface area contributed by atoms with Crippen LogP contribution in [0.2, 0.25) is 0 Å². The molecule has 0 unspecified atom stereocenters. The minimum atomic E-state index is -0.645. The highest BCUT2D eigenvalue weighted by Gasteiger charge is 2.66. The summed E-state index contributed by atoms with van der Waals surface area (Å²) in [6.45, 7) is 4.31. The van der Waals surface area contributed by atoms with Gasteiger partial charge in [0.05, 0.1) is 22.4 Å². The molecule has 5 rings (SSSR count). The number of benzene rings is 1. The van der Waals surface area contributed by atoms with E-state index in [0.29, 0.717) is 5.89 Å². The van der Waals surface area contributed by atoms with Gasteiger partial charge in [-0.3, -0.25) is 0 Å². The number of hydrogen-bond donors (Lipinski definition) is 0. The van der Waals surface area contributed by atoms with Gasteiger partial charge in [0.15, 0.2) is 0 Å².